The maximum absolute atomic E-state index is 13.6. The molecule has 0 saturated heterocycles. The van der Waals surface area contributed by atoms with Gasteiger partial charge in [0.05, 0.1) is 5.75 Å². The van der Waals surface area contributed by atoms with Gasteiger partial charge in [-0.1, -0.05) is 102 Å². The largest absolute Gasteiger partial charge is 0.354 e. The Kier molecular flexibility index (Phi) is 11.9. The molecule has 0 fully saturated rings. The highest BCUT2D eigenvalue weighted by atomic mass is 79.9. The van der Waals surface area contributed by atoms with Gasteiger partial charge >= 0.3 is 0 Å². The van der Waals surface area contributed by atoms with Crippen molar-refractivity contribution in [1.82, 2.24) is 10.2 Å². The van der Waals surface area contributed by atoms with Gasteiger partial charge < -0.3 is 10.2 Å². The Balaban J connectivity index is 1.83. The number of nitrogens with one attached hydrogen (secondary N) is 1. The molecule has 7 heteroatoms. The zero-order valence-electron chi connectivity index (χ0n) is 20.5. The summed E-state index contributed by atoms with van der Waals surface area (Å²) in [6, 6.07) is 24.8. The maximum atomic E-state index is 13.6. The zero-order valence-corrected chi connectivity index (χ0v) is 23.6. The van der Waals surface area contributed by atoms with Crippen molar-refractivity contribution in [2.45, 2.75) is 44.5 Å². The number of hydrogen-bond acceptors (Lipinski definition) is 3. The first-order valence-corrected chi connectivity index (χ1v) is 14.5. The minimum atomic E-state index is -0.610. The summed E-state index contributed by atoms with van der Waals surface area (Å²) in [7, 11) is 0. The molecule has 0 saturated carbocycles. The summed E-state index contributed by atoms with van der Waals surface area (Å²) in [5.41, 5.74) is 2.99. The second-order valence-corrected chi connectivity index (χ2v) is 10.9. The van der Waals surface area contributed by atoms with E-state index in [2.05, 4.69) is 28.2 Å². The van der Waals surface area contributed by atoms with Crippen molar-refractivity contribution < 1.29 is 9.59 Å². The molecule has 2 amide bonds. The molecule has 4 nitrogen and oxygen atoms in total. The van der Waals surface area contributed by atoms with Gasteiger partial charge in [-0.3, -0.25) is 9.59 Å². The van der Waals surface area contributed by atoms with E-state index in [0.29, 0.717) is 30.3 Å². The minimum Gasteiger partial charge on any atom is -0.354 e. The van der Waals surface area contributed by atoms with Crippen LogP contribution in [0.15, 0.2) is 83.3 Å². The third-order valence-corrected chi connectivity index (χ3v) is 7.67. The van der Waals surface area contributed by atoms with Crippen molar-refractivity contribution in [3.63, 3.8) is 0 Å². The van der Waals surface area contributed by atoms with Crippen LogP contribution in [-0.4, -0.2) is 35.1 Å². The number of benzene rings is 3. The minimum absolute atomic E-state index is 0.0680. The molecule has 0 radical (unpaired) electrons. The summed E-state index contributed by atoms with van der Waals surface area (Å²) in [4.78, 5) is 28.8. The van der Waals surface area contributed by atoms with Crippen LogP contribution < -0.4 is 5.32 Å². The zero-order chi connectivity index (χ0) is 25.8. The highest BCUT2D eigenvalue weighted by Gasteiger charge is 2.30. The van der Waals surface area contributed by atoms with Gasteiger partial charge in [-0.25, -0.2) is 0 Å². The van der Waals surface area contributed by atoms with Crippen LogP contribution in [0.2, 0.25) is 5.02 Å². The number of carbonyl (C=O) groups is 2. The summed E-state index contributed by atoms with van der Waals surface area (Å²) in [5, 5.41) is 3.75. The van der Waals surface area contributed by atoms with Crippen LogP contribution in [0, 0.1) is 0 Å². The molecule has 1 unspecified atom stereocenters. The van der Waals surface area contributed by atoms with Crippen LogP contribution in [0.1, 0.15) is 36.5 Å². The van der Waals surface area contributed by atoms with Crippen LogP contribution in [0.5, 0.6) is 0 Å². The van der Waals surface area contributed by atoms with Gasteiger partial charge in [-0.15, -0.1) is 11.8 Å². The number of halogens is 2. The number of nitrogens with zero attached hydrogens (tertiary/aromatic N) is 1. The van der Waals surface area contributed by atoms with Crippen molar-refractivity contribution in [2.24, 2.45) is 0 Å². The standard InChI is InChI=1S/C29H32BrClN2O2S/c1-2-3-17-32-29(35)27(18-22-9-5-4-6-10-22)33(19-23-13-15-25(30)16-14-23)28(34)21-36-20-24-11-7-8-12-26(24)31/h4-16,27H,2-3,17-21H2,1H3,(H,32,35). The number of carbonyl (C=O) groups excluding carboxylic acids is 2. The van der Waals surface area contributed by atoms with Crippen LogP contribution >= 0.6 is 39.3 Å². The quantitative estimate of drug-likeness (QED) is 0.222. The molecule has 0 spiro atoms. The molecule has 0 bridgehead atoms. The van der Waals surface area contributed by atoms with Crippen molar-refractivity contribution in [1.29, 1.82) is 0 Å². The van der Waals surface area contributed by atoms with Gasteiger partial charge in [-0.05, 0) is 41.3 Å². The summed E-state index contributed by atoms with van der Waals surface area (Å²) in [6.07, 6.45) is 2.35. The Morgan fingerprint density at radius 1 is 0.972 bits per heavy atom. The second kappa shape index (κ2) is 15.1. The first kappa shape index (κ1) is 28.3. The second-order valence-electron chi connectivity index (χ2n) is 8.58. The third-order valence-electron chi connectivity index (χ3n) is 5.81. The number of unbranched alkanes of at least 4 members (excludes halogenated alkanes) is 1. The number of rotatable bonds is 13. The van der Waals surface area contributed by atoms with Crippen molar-refractivity contribution >= 4 is 51.1 Å². The van der Waals surface area contributed by atoms with E-state index in [0.717, 1.165) is 34.0 Å². The third kappa shape index (κ3) is 8.99. The fraction of sp³-hybridized carbons (Fsp3) is 0.310. The van der Waals surface area contributed by atoms with Crippen LogP contribution in [0.3, 0.4) is 0 Å². The summed E-state index contributed by atoms with van der Waals surface area (Å²) >= 11 is 11.3. The molecular weight excluding hydrogens is 556 g/mol. The Hall–Kier alpha value is -2.28. The molecule has 36 heavy (non-hydrogen) atoms. The molecule has 0 aliphatic rings. The fourth-order valence-electron chi connectivity index (χ4n) is 3.79. The highest BCUT2D eigenvalue weighted by molar-refractivity contribution is 9.10. The molecule has 190 valence electrons. The molecule has 1 N–H and O–H groups in total. The van der Waals surface area contributed by atoms with Crippen molar-refractivity contribution in [2.75, 3.05) is 12.3 Å². The van der Waals surface area contributed by atoms with Crippen LogP contribution in [0.25, 0.3) is 0 Å². The molecule has 0 aliphatic carbocycles. The molecule has 3 aromatic carbocycles. The summed E-state index contributed by atoms with van der Waals surface area (Å²) < 4.78 is 0.970. The van der Waals surface area contributed by atoms with Crippen molar-refractivity contribution in [3.05, 3.63) is 105 Å². The maximum Gasteiger partial charge on any atom is 0.243 e. The number of amides is 2. The van der Waals surface area contributed by atoms with Crippen molar-refractivity contribution in [3.8, 4) is 0 Å². The normalized spacial score (nSPS) is 11.6. The molecule has 3 rings (SSSR count). The summed E-state index contributed by atoms with van der Waals surface area (Å²) in [6.45, 7) is 3.05. The Bertz CT molecular complexity index is 1110. The van der Waals surface area contributed by atoms with E-state index in [1.807, 2.05) is 78.9 Å². The van der Waals surface area contributed by atoms with E-state index in [-0.39, 0.29) is 17.6 Å². The van der Waals surface area contributed by atoms with Gasteiger partial charge in [0.2, 0.25) is 11.8 Å². The van der Waals surface area contributed by atoms with Gasteiger partial charge in [0, 0.05) is 34.8 Å². The fourth-order valence-corrected chi connectivity index (χ4v) is 5.25. The van der Waals surface area contributed by atoms with Gasteiger partial charge in [0.1, 0.15) is 6.04 Å². The first-order valence-electron chi connectivity index (χ1n) is 12.1. The molecule has 1 atom stereocenters. The lowest BCUT2D eigenvalue weighted by atomic mass is 10.0. The van der Waals surface area contributed by atoms with Crippen LogP contribution in [0.4, 0.5) is 0 Å². The Morgan fingerprint density at radius 2 is 1.67 bits per heavy atom. The highest BCUT2D eigenvalue weighted by Crippen LogP contribution is 2.23. The Morgan fingerprint density at radius 3 is 2.36 bits per heavy atom. The van der Waals surface area contributed by atoms with Gasteiger partial charge in [0.15, 0.2) is 0 Å². The number of thioether (sulfide) groups is 1. The van der Waals surface area contributed by atoms with E-state index >= 15 is 0 Å². The van der Waals surface area contributed by atoms with E-state index in [4.69, 9.17) is 11.6 Å². The van der Waals surface area contributed by atoms with Gasteiger partial charge in [0.25, 0.3) is 0 Å². The lowest BCUT2D eigenvalue weighted by molar-refractivity contribution is -0.139. The number of hydrogen-bond donors (Lipinski definition) is 1. The lowest BCUT2D eigenvalue weighted by Crippen LogP contribution is -2.51. The SMILES string of the molecule is CCCCNC(=O)C(Cc1ccccc1)N(Cc1ccc(Br)cc1)C(=O)CSCc1ccccc1Cl. The van der Waals surface area contributed by atoms with E-state index in [9.17, 15) is 9.59 Å². The summed E-state index contributed by atoms with van der Waals surface area (Å²) in [5.74, 6) is 0.703. The van der Waals surface area contributed by atoms with Gasteiger partial charge in [-0.2, -0.15) is 0 Å². The molecule has 3 aromatic rings. The predicted octanol–water partition coefficient (Wildman–Crippen LogP) is 6.89. The van der Waals surface area contributed by atoms with E-state index in [1.54, 1.807) is 4.90 Å². The van der Waals surface area contributed by atoms with Crippen LogP contribution in [-0.2, 0) is 28.3 Å². The molecule has 0 heterocycles. The monoisotopic (exact) mass is 586 g/mol. The topological polar surface area (TPSA) is 49.4 Å². The molecule has 0 aliphatic heterocycles. The lowest BCUT2D eigenvalue weighted by Gasteiger charge is -2.31. The predicted molar refractivity (Wildman–Crippen MR) is 154 cm³/mol. The average Bonchev–Trinajstić information content (AvgIpc) is 2.89. The molecule has 0 aromatic heterocycles. The Labute approximate surface area is 231 Å². The van der Waals surface area contributed by atoms with E-state index in [1.165, 1.54) is 11.8 Å². The molecular formula is C29H32BrClN2O2S. The average molecular weight is 588 g/mol. The smallest absolute Gasteiger partial charge is 0.243 e. The van der Waals surface area contributed by atoms with E-state index < -0.39 is 6.04 Å². The first-order chi connectivity index (χ1) is 17.5.